The van der Waals surface area contributed by atoms with Crippen molar-refractivity contribution < 1.29 is 0 Å². The van der Waals surface area contributed by atoms with E-state index in [4.69, 9.17) is 5.73 Å². The maximum absolute atomic E-state index is 5.87. The Morgan fingerprint density at radius 2 is 1.58 bits per heavy atom. The molecule has 1 aliphatic rings. The third kappa shape index (κ3) is 4.79. The van der Waals surface area contributed by atoms with Crippen LogP contribution in [0.25, 0.3) is 0 Å². The van der Waals surface area contributed by atoms with Crippen LogP contribution in [0.2, 0.25) is 0 Å². The zero-order chi connectivity index (χ0) is 15.5. The Balaban J connectivity index is 0.00000144. The monoisotopic (exact) mass is 367 g/mol. The number of piperazine rings is 1. The Kier molecular flexibility index (Phi) is 7.88. The van der Waals surface area contributed by atoms with Gasteiger partial charge >= 0.3 is 0 Å². The predicted molar refractivity (Wildman–Crippen MR) is 109 cm³/mol. The Morgan fingerprint density at radius 3 is 2.25 bits per heavy atom. The Bertz CT molecular complexity index is 653. The summed E-state index contributed by atoms with van der Waals surface area (Å²) in [5.41, 5.74) is 12.2. The summed E-state index contributed by atoms with van der Waals surface area (Å²) in [5.74, 6) is 0. The van der Waals surface area contributed by atoms with E-state index < -0.39 is 0 Å². The highest BCUT2D eigenvalue weighted by atomic mass is 35.5. The molecule has 0 amide bonds. The first-order valence-electron chi connectivity index (χ1n) is 8.01. The molecule has 1 aliphatic heterocycles. The zero-order valence-corrected chi connectivity index (χ0v) is 16.0. The molecule has 132 valence electrons. The first-order chi connectivity index (χ1) is 10.6. The van der Waals surface area contributed by atoms with Crippen LogP contribution in [-0.2, 0) is 6.54 Å². The third-order valence-corrected chi connectivity index (χ3v) is 4.65. The molecule has 2 aromatic rings. The van der Waals surface area contributed by atoms with E-state index in [-0.39, 0.29) is 24.8 Å². The summed E-state index contributed by atoms with van der Waals surface area (Å²) in [5, 5.41) is 0. The molecule has 0 aromatic heterocycles. The van der Waals surface area contributed by atoms with Crippen LogP contribution < -0.4 is 10.6 Å². The van der Waals surface area contributed by atoms with Crippen molar-refractivity contribution in [1.82, 2.24) is 4.90 Å². The van der Waals surface area contributed by atoms with Gasteiger partial charge in [-0.2, -0.15) is 0 Å². The van der Waals surface area contributed by atoms with Gasteiger partial charge in [-0.05, 0) is 48.7 Å². The molecule has 0 bridgehead atoms. The summed E-state index contributed by atoms with van der Waals surface area (Å²) in [6.07, 6.45) is 0. The number of rotatable bonds is 3. The number of hydrogen-bond acceptors (Lipinski definition) is 3. The van der Waals surface area contributed by atoms with Gasteiger partial charge in [0.25, 0.3) is 0 Å². The molecule has 24 heavy (non-hydrogen) atoms. The lowest BCUT2D eigenvalue weighted by Crippen LogP contribution is -2.46. The summed E-state index contributed by atoms with van der Waals surface area (Å²) >= 11 is 0. The van der Waals surface area contributed by atoms with Crippen molar-refractivity contribution in [3.05, 3.63) is 59.2 Å². The summed E-state index contributed by atoms with van der Waals surface area (Å²) < 4.78 is 0. The summed E-state index contributed by atoms with van der Waals surface area (Å²) in [6, 6.07) is 14.8. The van der Waals surface area contributed by atoms with Crippen LogP contribution in [0, 0.1) is 13.8 Å². The van der Waals surface area contributed by atoms with Gasteiger partial charge in [0.1, 0.15) is 0 Å². The van der Waals surface area contributed by atoms with Crippen molar-refractivity contribution in [3.8, 4) is 0 Å². The minimum atomic E-state index is 0. The van der Waals surface area contributed by atoms with E-state index in [1.807, 2.05) is 12.1 Å². The van der Waals surface area contributed by atoms with Crippen molar-refractivity contribution in [1.29, 1.82) is 0 Å². The molecule has 3 rings (SSSR count). The smallest absolute Gasteiger partial charge is 0.0399 e. The van der Waals surface area contributed by atoms with Crippen molar-refractivity contribution in [2.24, 2.45) is 0 Å². The molecule has 1 fully saturated rings. The van der Waals surface area contributed by atoms with E-state index in [0.717, 1.165) is 38.4 Å². The molecule has 3 nitrogen and oxygen atoms in total. The van der Waals surface area contributed by atoms with E-state index >= 15 is 0 Å². The normalized spacial score (nSPS) is 14.7. The van der Waals surface area contributed by atoms with Crippen LogP contribution in [0.4, 0.5) is 11.4 Å². The number of hydrogen-bond donors (Lipinski definition) is 1. The topological polar surface area (TPSA) is 32.5 Å². The lowest BCUT2D eigenvalue weighted by Gasteiger charge is -2.37. The third-order valence-electron chi connectivity index (χ3n) is 4.65. The van der Waals surface area contributed by atoms with Crippen LogP contribution in [-0.4, -0.2) is 31.1 Å². The van der Waals surface area contributed by atoms with Crippen LogP contribution in [0.5, 0.6) is 0 Å². The van der Waals surface area contributed by atoms with Gasteiger partial charge in [0, 0.05) is 44.1 Å². The summed E-state index contributed by atoms with van der Waals surface area (Å²) in [4.78, 5) is 5.02. The SMILES string of the molecule is Cc1cccc(N2CCN(Cc3cccc(N)c3)CC2)c1C.Cl.Cl. The van der Waals surface area contributed by atoms with Gasteiger partial charge in [0.05, 0.1) is 0 Å². The lowest BCUT2D eigenvalue weighted by atomic mass is 10.1. The fourth-order valence-corrected chi connectivity index (χ4v) is 3.17. The van der Waals surface area contributed by atoms with Gasteiger partial charge < -0.3 is 10.6 Å². The van der Waals surface area contributed by atoms with Crippen molar-refractivity contribution in [2.75, 3.05) is 36.8 Å². The average Bonchev–Trinajstić information content (AvgIpc) is 2.51. The highest BCUT2D eigenvalue weighted by molar-refractivity contribution is 5.85. The molecule has 2 N–H and O–H groups in total. The molecule has 0 spiro atoms. The molecule has 0 atom stereocenters. The molecule has 0 radical (unpaired) electrons. The molecule has 5 heteroatoms. The second-order valence-electron chi connectivity index (χ2n) is 6.23. The minimum Gasteiger partial charge on any atom is -0.399 e. The number of aryl methyl sites for hydroxylation is 1. The van der Waals surface area contributed by atoms with Gasteiger partial charge in [-0.25, -0.2) is 0 Å². The van der Waals surface area contributed by atoms with Crippen LogP contribution >= 0.6 is 24.8 Å². The average molecular weight is 368 g/mol. The quantitative estimate of drug-likeness (QED) is 0.830. The predicted octanol–water partition coefficient (Wildman–Crippen LogP) is 4.05. The lowest BCUT2D eigenvalue weighted by molar-refractivity contribution is 0.250. The van der Waals surface area contributed by atoms with E-state index in [2.05, 4.69) is 54.0 Å². The van der Waals surface area contributed by atoms with Crippen molar-refractivity contribution in [2.45, 2.75) is 20.4 Å². The largest absolute Gasteiger partial charge is 0.399 e. The number of halogens is 2. The Labute approximate surface area is 157 Å². The van der Waals surface area contributed by atoms with Crippen LogP contribution in [0.15, 0.2) is 42.5 Å². The Morgan fingerprint density at radius 1 is 0.917 bits per heavy atom. The minimum absolute atomic E-state index is 0. The number of nitrogen functional groups attached to an aromatic ring is 1. The molecule has 0 aliphatic carbocycles. The van der Waals surface area contributed by atoms with Crippen molar-refractivity contribution >= 4 is 36.2 Å². The molecule has 2 aromatic carbocycles. The van der Waals surface area contributed by atoms with E-state index in [1.54, 1.807) is 0 Å². The molecular weight excluding hydrogens is 341 g/mol. The van der Waals surface area contributed by atoms with Gasteiger partial charge in [-0.3, -0.25) is 4.90 Å². The Hall–Kier alpha value is -1.42. The summed E-state index contributed by atoms with van der Waals surface area (Å²) in [7, 11) is 0. The molecule has 0 saturated carbocycles. The molecule has 0 unspecified atom stereocenters. The van der Waals surface area contributed by atoms with Crippen LogP contribution in [0.3, 0.4) is 0 Å². The number of benzene rings is 2. The van der Waals surface area contributed by atoms with Gasteiger partial charge in [-0.15, -0.1) is 24.8 Å². The van der Waals surface area contributed by atoms with Gasteiger partial charge in [0.2, 0.25) is 0 Å². The van der Waals surface area contributed by atoms with E-state index in [1.165, 1.54) is 22.4 Å². The van der Waals surface area contributed by atoms with Gasteiger partial charge in [0.15, 0.2) is 0 Å². The molecular formula is C19H27Cl2N3. The first kappa shape index (κ1) is 20.6. The maximum Gasteiger partial charge on any atom is 0.0399 e. The standard InChI is InChI=1S/C19H25N3.2ClH/c1-15-5-3-8-19(16(15)2)22-11-9-21(10-12-22)14-17-6-4-7-18(20)13-17;;/h3-8,13H,9-12,14,20H2,1-2H3;2*1H. The van der Waals surface area contributed by atoms with E-state index in [0.29, 0.717) is 0 Å². The maximum atomic E-state index is 5.87. The second-order valence-corrected chi connectivity index (χ2v) is 6.23. The highest BCUT2D eigenvalue weighted by Gasteiger charge is 2.18. The molecule has 1 heterocycles. The van der Waals surface area contributed by atoms with E-state index in [9.17, 15) is 0 Å². The fraction of sp³-hybridized carbons (Fsp3) is 0.368. The first-order valence-corrected chi connectivity index (χ1v) is 8.01. The number of nitrogens with two attached hydrogens (primary N) is 1. The highest BCUT2D eigenvalue weighted by Crippen LogP contribution is 2.24. The fourth-order valence-electron chi connectivity index (χ4n) is 3.17. The van der Waals surface area contributed by atoms with Crippen molar-refractivity contribution in [3.63, 3.8) is 0 Å². The number of nitrogens with zero attached hydrogens (tertiary/aromatic N) is 2. The summed E-state index contributed by atoms with van der Waals surface area (Å²) in [6.45, 7) is 9.79. The second kappa shape index (κ2) is 9.16. The van der Waals surface area contributed by atoms with Crippen LogP contribution in [0.1, 0.15) is 16.7 Å². The zero-order valence-electron chi connectivity index (χ0n) is 14.4. The molecule has 1 saturated heterocycles. The van der Waals surface area contributed by atoms with Gasteiger partial charge in [-0.1, -0.05) is 24.3 Å². The number of anilines is 2.